The number of halogens is 1. The van der Waals surface area contributed by atoms with E-state index < -0.39 is 31.2 Å². The van der Waals surface area contributed by atoms with Gasteiger partial charge in [0, 0.05) is 29.7 Å². The fourth-order valence-electron chi connectivity index (χ4n) is 5.11. The van der Waals surface area contributed by atoms with Crippen molar-refractivity contribution in [3.05, 3.63) is 87.5 Å². The van der Waals surface area contributed by atoms with Crippen molar-refractivity contribution in [1.29, 1.82) is 0 Å². The maximum Gasteiger partial charge on any atom is 0.352 e. The number of aromatic nitrogens is 1. The van der Waals surface area contributed by atoms with Crippen molar-refractivity contribution >= 4 is 31.1 Å². The first kappa shape index (κ1) is 38.4. The molecule has 0 bridgehead atoms. The van der Waals surface area contributed by atoms with E-state index in [1.807, 2.05) is 19.9 Å². The predicted octanol–water partition coefficient (Wildman–Crippen LogP) is 6.82. The second kappa shape index (κ2) is 19.7. The highest BCUT2D eigenvalue weighted by Crippen LogP contribution is 2.59. The van der Waals surface area contributed by atoms with Crippen LogP contribution < -0.4 is 10.6 Å². The first-order valence-corrected chi connectivity index (χ1v) is 18.0. The van der Waals surface area contributed by atoms with Gasteiger partial charge >= 0.3 is 19.5 Å². The number of esters is 2. The Hall–Kier alpha value is -3.05. The zero-order chi connectivity index (χ0) is 34.2. The summed E-state index contributed by atoms with van der Waals surface area (Å²) in [5.41, 5.74) is 2.60. The number of dihydropyridines is 1. The van der Waals surface area contributed by atoms with Gasteiger partial charge in [-0.05, 0) is 49.9 Å². The lowest BCUT2D eigenvalue weighted by Crippen LogP contribution is -2.35. The summed E-state index contributed by atoms with van der Waals surface area (Å²) in [6.07, 6.45) is 6.56. The van der Waals surface area contributed by atoms with E-state index in [0.717, 1.165) is 25.7 Å². The highest BCUT2D eigenvalue weighted by Gasteiger charge is 2.40. The second-order valence-corrected chi connectivity index (χ2v) is 13.4. The first-order chi connectivity index (χ1) is 22.7. The highest BCUT2D eigenvalue weighted by atomic mass is 35.5. The summed E-state index contributed by atoms with van der Waals surface area (Å²) in [6.45, 7) is 8.67. The van der Waals surface area contributed by atoms with Crippen molar-refractivity contribution in [3.8, 4) is 0 Å². The van der Waals surface area contributed by atoms with E-state index in [2.05, 4.69) is 15.6 Å². The smallest absolute Gasteiger partial charge is 0.352 e. The average molecular weight is 692 g/mol. The Labute approximate surface area is 282 Å². The molecule has 0 spiro atoms. The molecule has 2 atom stereocenters. The lowest BCUT2D eigenvalue weighted by atomic mass is 9.80. The minimum atomic E-state index is -3.64. The van der Waals surface area contributed by atoms with E-state index >= 15 is 0 Å². The van der Waals surface area contributed by atoms with Crippen molar-refractivity contribution in [2.24, 2.45) is 0 Å². The van der Waals surface area contributed by atoms with E-state index in [4.69, 9.17) is 34.9 Å². The lowest BCUT2D eigenvalue weighted by molar-refractivity contribution is -0.139. The van der Waals surface area contributed by atoms with Crippen molar-refractivity contribution in [2.75, 3.05) is 46.7 Å². The largest absolute Gasteiger partial charge is 0.466 e. The molecule has 1 aromatic carbocycles. The van der Waals surface area contributed by atoms with Crippen LogP contribution in [-0.4, -0.2) is 63.6 Å². The molecule has 258 valence electrons. The SMILES string of the molecule is CCCCOP(=O)(OCCCC)C(NCCOCC1=C(C(=O)OCC)C(c2ccccc2Cl)C(C(=O)OC)=C(C)N1)c1cccnc1. The molecule has 0 saturated carbocycles. The van der Waals surface area contributed by atoms with E-state index in [-0.39, 0.29) is 37.5 Å². The highest BCUT2D eigenvalue weighted by molar-refractivity contribution is 7.54. The second-order valence-electron chi connectivity index (χ2n) is 10.8. The third-order valence-corrected chi connectivity index (χ3v) is 9.99. The first-order valence-electron chi connectivity index (χ1n) is 16.0. The number of hydrogen-bond acceptors (Lipinski definition) is 11. The van der Waals surface area contributed by atoms with Crippen LogP contribution in [0, 0.1) is 0 Å². The van der Waals surface area contributed by atoms with E-state index in [1.165, 1.54) is 7.11 Å². The maximum absolute atomic E-state index is 14.2. The zero-order valence-corrected chi connectivity index (χ0v) is 29.5. The molecule has 2 heterocycles. The molecular weight excluding hydrogens is 645 g/mol. The van der Waals surface area contributed by atoms with Gasteiger partial charge in [-0.2, -0.15) is 0 Å². The molecule has 0 amide bonds. The fraction of sp³-hybridized carbons (Fsp3) is 0.500. The van der Waals surface area contributed by atoms with Gasteiger partial charge in [0.25, 0.3) is 0 Å². The monoisotopic (exact) mass is 691 g/mol. The van der Waals surface area contributed by atoms with Crippen LogP contribution >= 0.6 is 19.2 Å². The van der Waals surface area contributed by atoms with E-state index in [0.29, 0.717) is 40.8 Å². The van der Waals surface area contributed by atoms with Crippen molar-refractivity contribution in [1.82, 2.24) is 15.6 Å². The van der Waals surface area contributed by atoms with Gasteiger partial charge < -0.3 is 28.6 Å². The number of unbranched alkanes of at least 4 members (excludes halogenated alkanes) is 2. The molecule has 3 rings (SSSR count). The number of nitrogens with zero attached hydrogens (tertiary/aromatic N) is 1. The summed E-state index contributed by atoms with van der Waals surface area (Å²) < 4.78 is 42.7. The van der Waals surface area contributed by atoms with Crippen LogP contribution in [0.5, 0.6) is 0 Å². The summed E-state index contributed by atoms with van der Waals surface area (Å²) in [4.78, 5) is 30.7. The van der Waals surface area contributed by atoms with Crippen molar-refractivity contribution in [2.45, 2.75) is 65.1 Å². The molecule has 2 aromatic rings. The lowest BCUT2D eigenvalue weighted by Gasteiger charge is -2.32. The summed E-state index contributed by atoms with van der Waals surface area (Å²) in [7, 11) is -2.36. The van der Waals surface area contributed by atoms with Crippen LogP contribution in [0.2, 0.25) is 5.02 Å². The molecule has 47 heavy (non-hydrogen) atoms. The molecular formula is C34H47ClN3O8P. The molecule has 0 fully saturated rings. The number of rotatable bonds is 20. The normalized spacial score (nSPS) is 15.7. The van der Waals surface area contributed by atoms with Gasteiger partial charge in [0.05, 0.1) is 62.9 Å². The molecule has 0 saturated heterocycles. The van der Waals surface area contributed by atoms with Gasteiger partial charge in [-0.15, -0.1) is 0 Å². The van der Waals surface area contributed by atoms with Crippen molar-refractivity contribution in [3.63, 3.8) is 0 Å². The predicted molar refractivity (Wildman–Crippen MR) is 181 cm³/mol. The summed E-state index contributed by atoms with van der Waals surface area (Å²) in [5.74, 6) is -2.83. The standard InChI is InChI=1S/C34H47ClN3O8P/c1-6-9-19-45-47(41,46-20-10-7-2)32(25-14-13-17-36-22-25)37-18-21-43-23-28-31(34(40)44-8-3)30(26-15-11-12-16-27(26)35)29(24(4)38-28)33(39)42-5/h11-17,22,30,32,37-38H,6-10,18-21,23H2,1-5H3. The molecule has 2 N–H and O–H groups in total. The van der Waals surface area contributed by atoms with E-state index in [9.17, 15) is 14.2 Å². The van der Waals surface area contributed by atoms with Gasteiger partial charge in [-0.25, -0.2) is 9.59 Å². The van der Waals surface area contributed by atoms with Gasteiger partial charge in [-0.1, -0.05) is 62.6 Å². The van der Waals surface area contributed by atoms with Gasteiger partial charge in [0.1, 0.15) is 5.78 Å². The Kier molecular flexibility index (Phi) is 16.1. The average Bonchev–Trinajstić information content (AvgIpc) is 3.06. The number of methoxy groups -OCH3 is 1. The Morgan fingerprint density at radius 2 is 1.70 bits per heavy atom. The molecule has 0 radical (unpaired) electrons. The third-order valence-electron chi connectivity index (χ3n) is 7.45. The summed E-state index contributed by atoms with van der Waals surface area (Å²) >= 11 is 6.60. The number of nitrogens with one attached hydrogen (secondary N) is 2. The van der Waals surface area contributed by atoms with Crippen LogP contribution in [0.15, 0.2) is 71.3 Å². The van der Waals surface area contributed by atoms with Crippen LogP contribution in [0.25, 0.3) is 0 Å². The number of pyridine rings is 1. The molecule has 2 unspecified atom stereocenters. The van der Waals surface area contributed by atoms with Gasteiger partial charge in [0.2, 0.25) is 0 Å². The van der Waals surface area contributed by atoms with Crippen LogP contribution in [0.4, 0.5) is 0 Å². The van der Waals surface area contributed by atoms with Gasteiger partial charge in [0.15, 0.2) is 0 Å². The molecule has 11 nitrogen and oxygen atoms in total. The number of benzene rings is 1. The molecule has 13 heteroatoms. The Morgan fingerprint density at radius 1 is 1.00 bits per heavy atom. The number of carbonyl (C=O) groups excluding carboxylic acids is 2. The van der Waals surface area contributed by atoms with Crippen LogP contribution in [0.1, 0.15) is 76.2 Å². The number of hydrogen-bond donors (Lipinski definition) is 2. The quantitative estimate of drug-likeness (QED) is 0.0861. The summed E-state index contributed by atoms with van der Waals surface area (Å²) in [5, 5.41) is 6.86. The number of carbonyl (C=O) groups is 2. The molecule has 0 aliphatic carbocycles. The topological polar surface area (TPSA) is 134 Å². The number of allylic oxidation sites excluding steroid dienone is 1. The molecule has 1 aliphatic rings. The van der Waals surface area contributed by atoms with Gasteiger partial charge in [-0.3, -0.25) is 14.9 Å². The fourth-order valence-corrected chi connectivity index (χ4v) is 7.37. The molecule has 1 aliphatic heterocycles. The minimum Gasteiger partial charge on any atom is -0.466 e. The Balaban J connectivity index is 1.86. The van der Waals surface area contributed by atoms with Crippen LogP contribution in [0.3, 0.4) is 0 Å². The third kappa shape index (κ3) is 10.5. The molecule has 1 aromatic heterocycles. The number of ether oxygens (including phenoxy) is 3. The maximum atomic E-state index is 14.2. The Bertz CT molecular complexity index is 1420. The van der Waals surface area contributed by atoms with E-state index in [1.54, 1.807) is 56.6 Å². The minimum absolute atomic E-state index is 0.0161. The zero-order valence-electron chi connectivity index (χ0n) is 27.9. The van der Waals surface area contributed by atoms with Crippen LogP contribution in [-0.2, 0) is 37.4 Å². The van der Waals surface area contributed by atoms with Crippen molar-refractivity contribution < 1.29 is 37.4 Å². The summed E-state index contributed by atoms with van der Waals surface area (Å²) in [6, 6.07) is 10.6. The Morgan fingerprint density at radius 3 is 2.30 bits per heavy atom.